The van der Waals surface area contributed by atoms with Gasteiger partial charge in [-0.3, -0.25) is 4.79 Å². The summed E-state index contributed by atoms with van der Waals surface area (Å²) in [7, 11) is 1.48. The van der Waals surface area contributed by atoms with Gasteiger partial charge in [-0.05, 0) is 18.9 Å². The number of carboxylic acid groups (broad SMARTS) is 1. The Morgan fingerprint density at radius 2 is 2.20 bits per heavy atom. The van der Waals surface area contributed by atoms with E-state index in [-0.39, 0.29) is 28.4 Å². The van der Waals surface area contributed by atoms with Crippen molar-refractivity contribution in [1.82, 2.24) is 14.9 Å². The second-order valence-corrected chi connectivity index (χ2v) is 7.95. The van der Waals surface area contributed by atoms with Gasteiger partial charge in [0.25, 0.3) is 0 Å². The van der Waals surface area contributed by atoms with Gasteiger partial charge in [0, 0.05) is 25.7 Å². The molecule has 158 valence electrons. The van der Waals surface area contributed by atoms with Crippen LogP contribution < -0.4 is 20.4 Å². The Bertz CT molecular complexity index is 1140. The van der Waals surface area contributed by atoms with Crippen LogP contribution in [0.2, 0.25) is 0 Å². The lowest BCUT2D eigenvalue weighted by Crippen LogP contribution is -2.58. The standard InChI is InChI=1S/C19H20FN5O5/c1-29-23-14-6-24(9-19(14)7-21-8-19)17-12(20)4-11-15(26)13(30-18(27)28)5-25(10-2-3-10)16(11)22-17/h4-5,10,21H,2-3,6-9H2,1H3,(H,27,28). The molecule has 1 aliphatic carbocycles. The molecule has 5 rings (SSSR count). The molecule has 30 heavy (non-hydrogen) atoms. The van der Waals surface area contributed by atoms with Crippen molar-refractivity contribution >= 4 is 28.7 Å². The average molecular weight is 417 g/mol. The van der Waals surface area contributed by atoms with Crippen LogP contribution in [0, 0.1) is 11.2 Å². The first-order chi connectivity index (χ1) is 14.4. The van der Waals surface area contributed by atoms with Crippen LogP contribution in [0.5, 0.6) is 5.75 Å². The number of fused-ring (bicyclic) bond motifs is 1. The number of ether oxygens (including phenoxy) is 1. The van der Waals surface area contributed by atoms with Crippen LogP contribution in [-0.2, 0) is 4.84 Å². The zero-order valence-electron chi connectivity index (χ0n) is 16.2. The van der Waals surface area contributed by atoms with Gasteiger partial charge in [0.1, 0.15) is 12.8 Å². The molecule has 11 heteroatoms. The van der Waals surface area contributed by atoms with E-state index in [1.165, 1.54) is 13.3 Å². The fraction of sp³-hybridized carbons (Fsp3) is 0.474. The molecular weight excluding hydrogens is 397 g/mol. The molecule has 1 saturated carbocycles. The van der Waals surface area contributed by atoms with Crippen molar-refractivity contribution in [1.29, 1.82) is 0 Å². The van der Waals surface area contributed by atoms with Crippen LogP contribution in [0.15, 0.2) is 22.2 Å². The number of anilines is 1. The minimum atomic E-state index is -1.60. The van der Waals surface area contributed by atoms with Crippen LogP contribution in [0.4, 0.5) is 15.0 Å². The second kappa shape index (κ2) is 6.66. The Labute approximate surface area is 169 Å². The van der Waals surface area contributed by atoms with Gasteiger partial charge in [0.05, 0.1) is 29.3 Å². The smallest absolute Gasteiger partial charge is 0.449 e. The van der Waals surface area contributed by atoms with Gasteiger partial charge in [0.15, 0.2) is 17.4 Å². The number of oxime groups is 1. The topological polar surface area (TPSA) is 118 Å². The zero-order valence-corrected chi connectivity index (χ0v) is 16.2. The van der Waals surface area contributed by atoms with Crippen LogP contribution >= 0.6 is 0 Å². The van der Waals surface area contributed by atoms with E-state index >= 15 is 4.39 Å². The minimum absolute atomic E-state index is 0.00750. The molecule has 3 fully saturated rings. The molecular formula is C19H20FN5O5. The number of hydrogen-bond donors (Lipinski definition) is 2. The van der Waals surface area contributed by atoms with Crippen molar-refractivity contribution in [2.75, 3.05) is 38.2 Å². The van der Waals surface area contributed by atoms with Gasteiger partial charge in [-0.2, -0.15) is 0 Å². The van der Waals surface area contributed by atoms with Gasteiger partial charge in [-0.25, -0.2) is 14.2 Å². The summed E-state index contributed by atoms with van der Waals surface area (Å²) in [4.78, 5) is 34.9. The lowest BCUT2D eigenvalue weighted by atomic mass is 9.79. The third-order valence-electron chi connectivity index (χ3n) is 5.92. The lowest BCUT2D eigenvalue weighted by molar-refractivity contribution is 0.143. The van der Waals surface area contributed by atoms with Crippen molar-refractivity contribution in [2.24, 2.45) is 10.6 Å². The predicted molar refractivity (Wildman–Crippen MR) is 105 cm³/mol. The molecule has 0 amide bonds. The molecule has 4 heterocycles. The number of nitrogens with one attached hydrogen (secondary N) is 1. The zero-order chi connectivity index (χ0) is 21.0. The second-order valence-electron chi connectivity index (χ2n) is 7.95. The molecule has 0 radical (unpaired) electrons. The maximum Gasteiger partial charge on any atom is 0.511 e. The maximum atomic E-state index is 15.1. The van der Waals surface area contributed by atoms with E-state index < -0.39 is 17.4 Å². The fourth-order valence-corrected chi connectivity index (χ4v) is 4.22. The Balaban J connectivity index is 1.62. The molecule has 0 aromatic carbocycles. The third-order valence-corrected chi connectivity index (χ3v) is 5.92. The molecule has 0 atom stereocenters. The van der Waals surface area contributed by atoms with E-state index in [1.54, 1.807) is 9.47 Å². The number of carbonyl (C=O) groups is 1. The Hall–Kier alpha value is -3.21. The Morgan fingerprint density at radius 1 is 1.43 bits per heavy atom. The summed E-state index contributed by atoms with van der Waals surface area (Å²) in [5.41, 5.74) is 0.225. The summed E-state index contributed by atoms with van der Waals surface area (Å²) in [6.07, 6.45) is 1.48. The summed E-state index contributed by atoms with van der Waals surface area (Å²) in [5, 5.41) is 16.3. The number of pyridine rings is 2. The predicted octanol–water partition coefficient (Wildman–Crippen LogP) is 1.34. The van der Waals surface area contributed by atoms with Crippen LogP contribution in [-0.4, -0.2) is 59.8 Å². The van der Waals surface area contributed by atoms with Crippen LogP contribution in [0.1, 0.15) is 18.9 Å². The number of rotatable bonds is 4. The SMILES string of the molecule is CON=C1CN(c2nc3c(cc2F)c(=O)c(OC(=O)O)cn3C2CC2)CC12CNC2. The first-order valence-corrected chi connectivity index (χ1v) is 9.64. The Kier molecular flexibility index (Phi) is 4.17. The van der Waals surface area contributed by atoms with E-state index in [0.717, 1.165) is 37.7 Å². The number of aromatic nitrogens is 2. The molecule has 10 nitrogen and oxygen atoms in total. The highest BCUT2D eigenvalue weighted by Gasteiger charge is 2.50. The molecule has 0 bridgehead atoms. The number of nitrogens with zero attached hydrogens (tertiary/aromatic N) is 4. The van der Waals surface area contributed by atoms with Crippen molar-refractivity contribution < 1.29 is 23.9 Å². The first kappa shape index (κ1) is 18.8. The highest BCUT2D eigenvalue weighted by molar-refractivity contribution is 5.98. The molecule has 1 spiro atoms. The fourth-order valence-electron chi connectivity index (χ4n) is 4.22. The van der Waals surface area contributed by atoms with Gasteiger partial charge >= 0.3 is 6.16 Å². The number of hydrogen-bond acceptors (Lipinski definition) is 8. The first-order valence-electron chi connectivity index (χ1n) is 9.64. The molecule has 3 aliphatic rings. The summed E-state index contributed by atoms with van der Waals surface area (Å²) in [5.74, 6) is -0.877. The molecule has 2 aromatic rings. The Morgan fingerprint density at radius 3 is 2.80 bits per heavy atom. The van der Waals surface area contributed by atoms with Crippen molar-refractivity contribution in [3.8, 4) is 5.75 Å². The highest BCUT2D eigenvalue weighted by Crippen LogP contribution is 2.39. The molecule has 0 unspecified atom stereocenters. The van der Waals surface area contributed by atoms with Gasteiger partial charge in [-0.1, -0.05) is 5.16 Å². The van der Waals surface area contributed by atoms with E-state index in [4.69, 9.17) is 9.94 Å². The summed E-state index contributed by atoms with van der Waals surface area (Å²) in [6.45, 7) is 2.36. The lowest BCUT2D eigenvalue weighted by Gasteiger charge is -2.38. The summed E-state index contributed by atoms with van der Waals surface area (Å²) >= 11 is 0. The van der Waals surface area contributed by atoms with E-state index in [2.05, 4.69) is 20.2 Å². The minimum Gasteiger partial charge on any atom is -0.449 e. The van der Waals surface area contributed by atoms with Crippen molar-refractivity contribution in [3.63, 3.8) is 0 Å². The monoisotopic (exact) mass is 417 g/mol. The van der Waals surface area contributed by atoms with Crippen molar-refractivity contribution in [3.05, 3.63) is 28.3 Å². The quantitative estimate of drug-likeness (QED) is 0.565. The van der Waals surface area contributed by atoms with E-state index in [9.17, 15) is 9.59 Å². The largest absolute Gasteiger partial charge is 0.511 e. The van der Waals surface area contributed by atoms with E-state index in [0.29, 0.717) is 18.7 Å². The highest BCUT2D eigenvalue weighted by atomic mass is 19.1. The summed E-state index contributed by atoms with van der Waals surface area (Å²) < 4.78 is 21.4. The van der Waals surface area contributed by atoms with Gasteiger partial charge < -0.3 is 29.5 Å². The third kappa shape index (κ3) is 2.88. The van der Waals surface area contributed by atoms with E-state index in [1.807, 2.05) is 0 Å². The molecule has 2 aliphatic heterocycles. The maximum absolute atomic E-state index is 15.1. The van der Waals surface area contributed by atoms with Gasteiger partial charge in [-0.15, -0.1) is 0 Å². The van der Waals surface area contributed by atoms with Crippen molar-refractivity contribution in [2.45, 2.75) is 18.9 Å². The average Bonchev–Trinajstić information content (AvgIpc) is 3.44. The number of halogens is 1. The van der Waals surface area contributed by atoms with Crippen LogP contribution in [0.25, 0.3) is 11.0 Å². The van der Waals surface area contributed by atoms with Crippen LogP contribution in [0.3, 0.4) is 0 Å². The molecule has 2 saturated heterocycles. The molecule has 2 aromatic heterocycles. The summed E-state index contributed by atoms with van der Waals surface area (Å²) in [6, 6.07) is 1.19. The molecule has 2 N–H and O–H groups in total. The van der Waals surface area contributed by atoms with Gasteiger partial charge in [0.2, 0.25) is 5.43 Å². The normalized spacial score (nSPS) is 21.3.